The van der Waals surface area contributed by atoms with Gasteiger partial charge in [0.15, 0.2) is 5.65 Å². The van der Waals surface area contributed by atoms with Gasteiger partial charge in [0.05, 0.1) is 11.6 Å². The highest BCUT2D eigenvalue weighted by molar-refractivity contribution is 6.02. The summed E-state index contributed by atoms with van der Waals surface area (Å²) in [6.07, 6.45) is 0.462. The van der Waals surface area contributed by atoms with Crippen molar-refractivity contribution in [2.45, 2.75) is 45.1 Å². The number of hydrogen-bond acceptors (Lipinski definition) is 7. The molecule has 31 heavy (non-hydrogen) atoms. The van der Waals surface area contributed by atoms with Crippen molar-refractivity contribution >= 4 is 34.8 Å². The number of nitrogens with one attached hydrogen (secondary N) is 1. The predicted octanol–water partition coefficient (Wildman–Crippen LogP) is 1.55. The first-order chi connectivity index (χ1) is 14.6. The first-order valence-corrected chi connectivity index (χ1v) is 10.5. The van der Waals surface area contributed by atoms with Crippen molar-refractivity contribution in [3.8, 4) is 0 Å². The summed E-state index contributed by atoms with van der Waals surface area (Å²) in [4.78, 5) is 44.7. The quantitative estimate of drug-likeness (QED) is 0.723. The number of aromatic nitrogens is 3. The maximum Gasteiger partial charge on any atom is 0.410 e. The molecule has 4 heterocycles. The molecule has 2 saturated heterocycles. The minimum absolute atomic E-state index is 0.243. The second-order valence-corrected chi connectivity index (χ2v) is 9.01. The average Bonchev–Trinajstić information content (AvgIpc) is 3.03. The number of ether oxygens (including phenoxy) is 1. The van der Waals surface area contributed by atoms with Gasteiger partial charge in [-0.25, -0.2) is 9.78 Å². The Bertz CT molecular complexity index is 1030. The number of hydrogen-bond donors (Lipinski definition) is 1. The summed E-state index contributed by atoms with van der Waals surface area (Å²) in [7, 11) is 1.80. The molecule has 10 heteroatoms. The lowest BCUT2D eigenvalue weighted by Crippen LogP contribution is -2.50. The van der Waals surface area contributed by atoms with Crippen molar-refractivity contribution in [2.75, 3.05) is 31.1 Å². The van der Waals surface area contributed by atoms with E-state index in [9.17, 15) is 14.4 Å². The number of pyridine rings is 1. The second-order valence-electron chi connectivity index (χ2n) is 9.01. The molecule has 10 nitrogen and oxygen atoms in total. The van der Waals surface area contributed by atoms with Crippen LogP contribution in [0.3, 0.4) is 0 Å². The zero-order valence-electron chi connectivity index (χ0n) is 18.3. The number of piperidine rings is 1. The lowest BCUT2D eigenvalue weighted by atomic mass is 9.93. The molecule has 1 atom stereocenters. The molecule has 0 aromatic carbocycles. The Labute approximate surface area is 180 Å². The van der Waals surface area contributed by atoms with E-state index in [1.54, 1.807) is 16.6 Å². The summed E-state index contributed by atoms with van der Waals surface area (Å²) in [5.74, 6) is -0.202. The summed E-state index contributed by atoms with van der Waals surface area (Å²) in [6.45, 7) is 7.99. The number of piperazine rings is 1. The topological polar surface area (TPSA) is 110 Å². The number of nitrogens with zero attached hydrogens (tertiary/aromatic N) is 5. The highest BCUT2D eigenvalue weighted by Gasteiger charge is 2.32. The molecule has 1 unspecified atom stereocenters. The van der Waals surface area contributed by atoms with Crippen molar-refractivity contribution in [2.24, 2.45) is 7.05 Å². The van der Waals surface area contributed by atoms with Crippen LogP contribution in [-0.2, 0) is 21.4 Å². The van der Waals surface area contributed by atoms with Crippen LogP contribution in [0, 0.1) is 0 Å². The molecular weight excluding hydrogens is 400 g/mol. The normalized spacial score (nSPS) is 20.2. The van der Waals surface area contributed by atoms with E-state index in [-0.39, 0.29) is 17.9 Å². The Morgan fingerprint density at radius 3 is 2.52 bits per heavy atom. The Morgan fingerprint density at radius 1 is 1.16 bits per heavy atom. The van der Waals surface area contributed by atoms with Gasteiger partial charge in [-0.3, -0.25) is 19.6 Å². The molecule has 2 fully saturated rings. The zero-order valence-corrected chi connectivity index (χ0v) is 18.3. The van der Waals surface area contributed by atoms with Crippen LogP contribution < -0.4 is 10.2 Å². The first kappa shape index (κ1) is 21.1. The Morgan fingerprint density at radius 2 is 1.87 bits per heavy atom. The highest BCUT2D eigenvalue weighted by Crippen LogP contribution is 2.30. The second kappa shape index (κ2) is 7.82. The summed E-state index contributed by atoms with van der Waals surface area (Å²) in [5.41, 5.74) is 0.823. The fraction of sp³-hybridized carbons (Fsp3) is 0.571. The molecule has 3 amide bonds. The van der Waals surface area contributed by atoms with Gasteiger partial charge >= 0.3 is 6.09 Å². The number of aryl methyl sites for hydroxylation is 1. The number of carbonyl (C=O) groups is 3. The molecule has 2 aromatic heterocycles. The number of fused-ring (bicyclic) bond motifs is 1. The van der Waals surface area contributed by atoms with E-state index < -0.39 is 11.5 Å². The maximum absolute atomic E-state index is 12.3. The lowest BCUT2D eigenvalue weighted by Gasteiger charge is -2.36. The molecule has 0 aliphatic carbocycles. The molecule has 2 aliphatic heterocycles. The fourth-order valence-electron chi connectivity index (χ4n) is 3.98. The minimum Gasteiger partial charge on any atom is -0.444 e. The summed E-state index contributed by atoms with van der Waals surface area (Å²) in [6, 6.07) is 3.85. The van der Waals surface area contributed by atoms with Gasteiger partial charge in [0.2, 0.25) is 11.8 Å². The van der Waals surface area contributed by atoms with E-state index >= 15 is 0 Å². The zero-order chi connectivity index (χ0) is 22.3. The van der Waals surface area contributed by atoms with Gasteiger partial charge < -0.3 is 14.5 Å². The van der Waals surface area contributed by atoms with Crippen molar-refractivity contribution in [1.29, 1.82) is 0 Å². The third-order valence-electron chi connectivity index (χ3n) is 5.53. The third-order valence-corrected chi connectivity index (χ3v) is 5.53. The van der Waals surface area contributed by atoms with E-state index in [1.165, 1.54) is 0 Å². The van der Waals surface area contributed by atoms with Crippen molar-refractivity contribution in [3.63, 3.8) is 0 Å². The van der Waals surface area contributed by atoms with Gasteiger partial charge in [-0.2, -0.15) is 5.10 Å². The van der Waals surface area contributed by atoms with Crippen molar-refractivity contribution < 1.29 is 19.1 Å². The van der Waals surface area contributed by atoms with E-state index in [1.807, 2.05) is 32.9 Å². The van der Waals surface area contributed by atoms with Crippen molar-refractivity contribution in [1.82, 2.24) is 25.0 Å². The first-order valence-electron chi connectivity index (χ1n) is 10.5. The monoisotopic (exact) mass is 428 g/mol. The Balaban J connectivity index is 1.49. The van der Waals surface area contributed by atoms with Crippen LogP contribution in [0.15, 0.2) is 12.1 Å². The van der Waals surface area contributed by atoms with Crippen LogP contribution in [0.4, 0.5) is 10.6 Å². The van der Waals surface area contributed by atoms with E-state index in [2.05, 4.69) is 15.3 Å². The van der Waals surface area contributed by atoms with Gasteiger partial charge in [0.25, 0.3) is 0 Å². The maximum atomic E-state index is 12.3. The van der Waals surface area contributed by atoms with Crippen LogP contribution >= 0.6 is 0 Å². The smallest absolute Gasteiger partial charge is 0.410 e. The molecule has 2 aliphatic rings. The van der Waals surface area contributed by atoms with Gasteiger partial charge in [0.1, 0.15) is 11.4 Å². The summed E-state index contributed by atoms with van der Waals surface area (Å²) < 4.78 is 7.13. The Kier molecular flexibility index (Phi) is 5.32. The molecule has 0 saturated carbocycles. The Hall–Kier alpha value is -3.17. The van der Waals surface area contributed by atoms with E-state index in [0.29, 0.717) is 50.4 Å². The van der Waals surface area contributed by atoms with E-state index in [0.717, 1.165) is 11.2 Å². The van der Waals surface area contributed by atoms with Crippen LogP contribution in [0.25, 0.3) is 11.0 Å². The van der Waals surface area contributed by atoms with Gasteiger partial charge in [-0.1, -0.05) is 0 Å². The highest BCUT2D eigenvalue weighted by atomic mass is 16.6. The molecule has 0 bridgehead atoms. The average molecular weight is 428 g/mol. The van der Waals surface area contributed by atoms with Gasteiger partial charge in [-0.15, -0.1) is 0 Å². The summed E-state index contributed by atoms with van der Waals surface area (Å²) in [5, 5.41) is 7.75. The lowest BCUT2D eigenvalue weighted by molar-refractivity contribution is -0.134. The van der Waals surface area contributed by atoms with Crippen LogP contribution in [0.1, 0.15) is 45.2 Å². The van der Waals surface area contributed by atoms with E-state index in [4.69, 9.17) is 9.72 Å². The molecule has 166 valence electrons. The van der Waals surface area contributed by atoms with Crippen LogP contribution in [0.2, 0.25) is 0 Å². The minimum atomic E-state index is -0.513. The van der Waals surface area contributed by atoms with Gasteiger partial charge in [-0.05, 0) is 39.3 Å². The van der Waals surface area contributed by atoms with Gasteiger partial charge in [0, 0.05) is 45.0 Å². The molecule has 4 rings (SSSR count). The van der Waals surface area contributed by atoms with Crippen LogP contribution in [0.5, 0.6) is 0 Å². The largest absolute Gasteiger partial charge is 0.444 e. The molecule has 0 spiro atoms. The molecule has 0 radical (unpaired) electrons. The molecule has 2 aromatic rings. The number of rotatable bonds is 2. The third kappa shape index (κ3) is 4.33. The number of carbonyl (C=O) groups excluding carboxylic acids is 3. The molecular formula is C21H28N6O4. The summed E-state index contributed by atoms with van der Waals surface area (Å²) >= 11 is 0. The van der Waals surface area contributed by atoms with Crippen LogP contribution in [-0.4, -0.2) is 69.4 Å². The number of anilines is 1. The number of imide groups is 1. The number of amides is 3. The molecule has 1 N–H and O–H groups in total. The fourth-order valence-corrected chi connectivity index (χ4v) is 3.98. The predicted molar refractivity (Wildman–Crippen MR) is 114 cm³/mol. The SMILES string of the molecule is Cn1nc(C2CCC(=O)NC2=O)c2ccc(N3CCN(C(=O)OC(C)(C)C)CC3)nc21. The standard InChI is InChI=1S/C21H28N6O4/c1-21(2,3)31-20(30)27-11-9-26(10-12-27)15-7-5-13-17(24-25(4)18(13)22-15)14-6-8-16(28)23-19(14)29/h5,7,14H,6,8-12H2,1-4H3,(H,23,28,29). The van der Waals surface area contributed by atoms with Crippen molar-refractivity contribution in [3.05, 3.63) is 17.8 Å².